The van der Waals surface area contributed by atoms with Crippen molar-refractivity contribution >= 4 is 27.5 Å². The van der Waals surface area contributed by atoms with Crippen molar-refractivity contribution in [1.29, 1.82) is 0 Å². The summed E-state index contributed by atoms with van der Waals surface area (Å²) in [5.74, 6) is 1.63. The van der Waals surface area contributed by atoms with E-state index in [1.54, 1.807) is 7.11 Å². The van der Waals surface area contributed by atoms with Crippen LogP contribution >= 0.6 is 27.5 Å². The molecule has 2 nitrogen and oxygen atoms in total. The summed E-state index contributed by atoms with van der Waals surface area (Å²) in [6.45, 7) is 2.08. The monoisotopic (exact) mass is 331 g/mol. The van der Waals surface area contributed by atoms with E-state index in [0.29, 0.717) is 6.04 Å². The first-order valence-electron chi connectivity index (χ1n) is 6.37. The predicted octanol–water partition coefficient (Wildman–Crippen LogP) is 4.05. The topological polar surface area (TPSA) is 12.5 Å². The average Bonchev–Trinajstić information content (AvgIpc) is 2.42. The highest BCUT2D eigenvalue weighted by Gasteiger charge is 2.22. The molecule has 1 aliphatic rings. The molecule has 1 aliphatic heterocycles. The molecular weight excluding hydrogens is 314 g/mol. The van der Waals surface area contributed by atoms with Gasteiger partial charge in [-0.3, -0.25) is 4.90 Å². The van der Waals surface area contributed by atoms with Crippen molar-refractivity contribution in [1.82, 2.24) is 4.90 Å². The van der Waals surface area contributed by atoms with Gasteiger partial charge in [0, 0.05) is 22.9 Å². The van der Waals surface area contributed by atoms with E-state index >= 15 is 0 Å². The van der Waals surface area contributed by atoms with Crippen molar-refractivity contribution in [2.24, 2.45) is 0 Å². The maximum Gasteiger partial charge on any atom is 0.119 e. The minimum atomic E-state index is 0.513. The molecule has 0 amide bonds. The molecule has 0 bridgehead atoms. The summed E-state index contributed by atoms with van der Waals surface area (Å²) in [5, 5.41) is 0. The van der Waals surface area contributed by atoms with Gasteiger partial charge in [0.05, 0.1) is 7.11 Å². The van der Waals surface area contributed by atoms with Gasteiger partial charge in [0.1, 0.15) is 5.75 Å². The Morgan fingerprint density at radius 1 is 1.44 bits per heavy atom. The second-order valence-electron chi connectivity index (χ2n) is 4.73. The van der Waals surface area contributed by atoms with Crippen molar-refractivity contribution in [3.05, 3.63) is 28.2 Å². The van der Waals surface area contributed by atoms with Gasteiger partial charge in [-0.2, -0.15) is 0 Å². The predicted molar refractivity (Wildman–Crippen MR) is 79.5 cm³/mol. The van der Waals surface area contributed by atoms with Gasteiger partial charge in [0.25, 0.3) is 0 Å². The number of hydrogen-bond donors (Lipinski definition) is 0. The Morgan fingerprint density at radius 3 is 3.00 bits per heavy atom. The second-order valence-corrected chi connectivity index (χ2v) is 5.89. The van der Waals surface area contributed by atoms with Crippen LogP contribution in [0.15, 0.2) is 22.7 Å². The number of benzene rings is 1. The first-order chi connectivity index (χ1) is 8.74. The molecule has 0 spiro atoms. The van der Waals surface area contributed by atoms with Gasteiger partial charge in [-0.1, -0.05) is 22.4 Å². The molecule has 1 fully saturated rings. The molecule has 1 saturated heterocycles. The highest BCUT2D eigenvalue weighted by Crippen LogP contribution is 2.27. The van der Waals surface area contributed by atoms with E-state index in [1.807, 2.05) is 12.1 Å². The largest absolute Gasteiger partial charge is 0.497 e. The maximum absolute atomic E-state index is 6.06. The van der Waals surface area contributed by atoms with Gasteiger partial charge in [-0.25, -0.2) is 0 Å². The van der Waals surface area contributed by atoms with Gasteiger partial charge in [-0.05, 0) is 43.1 Å². The van der Waals surface area contributed by atoms with Gasteiger partial charge in [0.2, 0.25) is 0 Å². The Kier molecular flexibility index (Phi) is 5.34. The summed E-state index contributed by atoms with van der Waals surface area (Å²) in [4.78, 5) is 2.48. The molecule has 0 radical (unpaired) electrons. The average molecular weight is 333 g/mol. The van der Waals surface area contributed by atoms with Crippen LogP contribution in [0.3, 0.4) is 0 Å². The van der Waals surface area contributed by atoms with E-state index in [9.17, 15) is 0 Å². The molecule has 0 aromatic heterocycles. The summed E-state index contributed by atoms with van der Waals surface area (Å²) in [6.07, 6.45) is 3.78. The van der Waals surface area contributed by atoms with E-state index in [2.05, 4.69) is 26.9 Å². The molecule has 1 aromatic rings. The van der Waals surface area contributed by atoms with Crippen LogP contribution in [0.1, 0.15) is 24.8 Å². The normalized spacial score (nSPS) is 20.9. The third-order valence-electron chi connectivity index (χ3n) is 3.55. The van der Waals surface area contributed by atoms with E-state index in [1.165, 1.54) is 24.8 Å². The molecule has 100 valence electrons. The van der Waals surface area contributed by atoms with E-state index in [-0.39, 0.29) is 0 Å². The fourth-order valence-electron chi connectivity index (χ4n) is 2.46. The summed E-state index contributed by atoms with van der Waals surface area (Å²) >= 11 is 9.67. The summed E-state index contributed by atoms with van der Waals surface area (Å²) < 4.78 is 6.43. The van der Waals surface area contributed by atoms with Crippen LogP contribution in [0.25, 0.3) is 0 Å². The molecule has 1 atom stereocenters. The zero-order valence-corrected chi connectivity index (χ0v) is 13.0. The zero-order chi connectivity index (χ0) is 13.0. The SMILES string of the molecule is COc1ccc(Br)c(CN2CCCCC2CCl)c1. The number of nitrogens with zero attached hydrogens (tertiary/aromatic N) is 1. The number of halogens is 2. The Hall–Kier alpha value is -0.250. The quantitative estimate of drug-likeness (QED) is 0.771. The number of ether oxygens (including phenoxy) is 1. The van der Waals surface area contributed by atoms with Crippen molar-refractivity contribution in [2.75, 3.05) is 19.5 Å². The third kappa shape index (κ3) is 3.40. The van der Waals surface area contributed by atoms with Crippen LogP contribution in [-0.2, 0) is 6.54 Å². The lowest BCUT2D eigenvalue weighted by Crippen LogP contribution is -2.40. The van der Waals surface area contributed by atoms with Crippen molar-refractivity contribution in [3.8, 4) is 5.75 Å². The summed E-state index contributed by atoms with van der Waals surface area (Å²) in [7, 11) is 1.70. The molecule has 18 heavy (non-hydrogen) atoms. The highest BCUT2D eigenvalue weighted by molar-refractivity contribution is 9.10. The molecule has 2 rings (SSSR count). The van der Waals surface area contributed by atoms with Crippen molar-refractivity contribution in [2.45, 2.75) is 31.8 Å². The van der Waals surface area contributed by atoms with Crippen LogP contribution < -0.4 is 4.74 Å². The lowest BCUT2D eigenvalue weighted by atomic mass is 10.0. The van der Waals surface area contributed by atoms with Crippen molar-refractivity contribution < 1.29 is 4.74 Å². The Labute approximate surface area is 122 Å². The molecule has 0 saturated carbocycles. The minimum Gasteiger partial charge on any atom is -0.497 e. The van der Waals surface area contributed by atoms with Gasteiger partial charge >= 0.3 is 0 Å². The Morgan fingerprint density at radius 2 is 2.28 bits per heavy atom. The molecule has 0 aliphatic carbocycles. The molecular formula is C14H19BrClNO. The maximum atomic E-state index is 6.06. The van der Waals surface area contributed by atoms with Crippen LogP contribution in [-0.4, -0.2) is 30.5 Å². The molecule has 0 N–H and O–H groups in total. The first-order valence-corrected chi connectivity index (χ1v) is 7.69. The van der Waals surface area contributed by atoms with Gasteiger partial charge in [-0.15, -0.1) is 11.6 Å². The van der Waals surface area contributed by atoms with Crippen LogP contribution in [0.4, 0.5) is 0 Å². The van der Waals surface area contributed by atoms with Crippen molar-refractivity contribution in [3.63, 3.8) is 0 Å². The van der Waals surface area contributed by atoms with Gasteiger partial charge < -0.3 is 4.74 Å². The number of piperidine rings is 1. The number of likely N-dealkylation sites (tertiary alicyclic amines) is 1. The number of methoxy groups -OCH3 is 1. The van der Waals surface area contributed by atoms with E-state index < -0.39 is 0 Å². The Bertz CT molecular complexity index is 399. The Balaban J connectivity index is 2.11. The fraction of sp³-hybridized carbons (Fsp3) is 0.571. The van der Waals surface area contributed by atoms with E-state index in [0.717, 1.165) is 29.2 Å². The lowest BCUT2D eigenvalue weighted by molar-refractivity contribution is 0.154. The summed E-state index contributed by atoms with van der Waals surface area (Å²) in [6, 6.07) is 6.64. The molecule has 4 heteroatoms. The molecule has 1 aromatic carbocycles. The summed E-state index contributed by atoms with van der Waals surface area (Å²) in [5.41, 5.74) is 1.27. The van der Waals surface area contributed by atoms with E-state index in [4.69, 9.17) is 16.3 Å². The van der Waals surface area contributed by atoms with Crippen LogP contribution in [0, 0.1) is 0 Å². The number of rotatable bonds is 4. The van der Waals surface area contributed by atoms with Crippen LogP contribution in [0.2, 0.25) is 0 Å². The minimum absolute atomic E-state index is 0.513. The zero-order valence-electron chi connectivity index (χ0n) is 10.7. The molecule has 1 unspecified atom stereocenters. The smallest absolute Gasteiger partial charge is 0.119 e. The first kappa shape index (κ1) is 14.2. The van der Waals surface area contributed by atoms with Crippen LogP contribution in [0.5, 0.6) is 5.75 Å². The standard InChI is InChI=1S/C14H19BrClNO/c1-18-13-5-6-14(15)11(8-13)10-17-7-3-2-4-12(17)9-16/h5-6,8,12H,2-4,7,9-10H2,1H3. The highest BCUT2D eigenvalue weighted by atomic mass is 79.9. The third-order valence-corrected chi connectivity index (χ3v) is 4.68. The second kappa shape index (κ2) is 6.78. The van der Waals surface area contributed by atoms with Gasteiger partial charge in [0.15, 0.2) is 0 Å². The fourth-order valence-corrected chi connectivity index (χ4v) is 3.18. The number of alkyl halides is 1. The molecule has 1 heterocycles. The number of hydrogen-bond acceptors (Lipinski definition) is 2. The lowest BCUT2D eigenvalue weighted by Gasteiger charge is -2.34.